The first-order valence-corrected chi connectivity index (χ1v) is 7.81. The number of hydrogen-bond acceptors (Lipinski definition) is 4. The molecule has 0 spiro atoms. The summed E-state index contributed by atoms with van der Waals surface area (Å²) >= 11 is 0. The Morgan fingerprint density at radius 3 is 2.83 bits per heavy atom. The lowest BCUT2D eigenvalue weighted by Gasteiger charge is -2.22. The van der Waals surface area contributed by atoms with Gasteiger partial charge in [-0.2, -0.15) is 10.4 Å². The molecule has 0 radical (unpaired) electrons. The van der Waals surface area contributed by atoms with Crippen molar-refractivity contribution in [2.75, 3.05) is 4.90 Å². The molecular formula is C18H15N5O. The molecule has 24 heavy (non-hydrogen) atoms. The summed E-state index contributed by atoms with van der Waals surface area (Å²) in [7, 11) is 0. The van der Waals surface area contributed by atoms with Crippen LogP contribution in [0.15, 0.2) is 42.9 Å². The maximum Gasteiger partial charge on any atom is 0.277 e. The smallest absolute Gasteiger partial charge is 0.277 e. The Morgan fingerprint density at radius 2 is 2.17 bits per heavy atom. The molecule has 3 aromatic heterocycles. The van der Waals surface area contributed by atoms with Crippen LogP contribution >= 0.6 is 0 Å². The predicted molar refractivity (Wildman–Crippen MR) is 88.7 cm³/mol. The number of aromatic nitrogens is 3. The Hall–Kier alpha value is -3.20. The third kappa shape index (κ3) is 2.40. The quantitative estimate of drug-likeness (QED) is 0.744. The summed E-state index contributed by atoms with van der Waals surface area (Å²) in [4.78, 5) is 18.9. The molecule has 1 amide bonds. The monoisotopic (exact) mass is 317 g/mol. The van der Waals surface area contributed by atoms with Crippen molar-refractivity contribution in [3.63, 3.8) is 0 Å². The zero-order valence-electron chi connectivity index (χ0n) is 13.2. The van der Waals surface area contributed by atoms with Crippen LogP contribution in [0.3, 0.4) is 0 Å². The standard InChI is InChI=1S/C18H15N5O/c1-12-10-21-22-7-6-15(8-17(12)22)23(14-3-4-14)18(24)16-5-2-13(9-19)11-20-16/h2,5-8,10-11,14H,3-4H2,1H3. The van der Waals surface area contributed by atoms with Crippen molar-refractivity contribution in [2.24, 2.45) is 0 Å². The Morgan fingerprint density at radius 1 is 1.33 bits per heavy atom. The van der Waals surface area contributed by atoms with E-state index in [1.165, 1.54) is 6.20 Å². The number of pyridine rings is 2. The largest absolute Gasteiger partial charge is 0.304 e. The fourth-order valence-electron chi connectivity index (χ4n) is 2.78. The number of rotatable bonds is 3. The van der Waals surface area contributed by atoms with Crippen LogP contribution in [0.25, 0.3) is 5.52 Å². The highest BCUT2D eigenvalue weighted by Crippen LogP contribution is 2.33. The molecule has 0 atom stereocenters. The first kappa shape index (κ1) is 14.4. The molecule has 0 aromatic carbocycles. The molecule has 6 nitrogen and oxygen atoms in total. The van der Waals surface area contributed by atoms with Crippen LogP contribution in [0.1, 0.15) is 34.5 Å². The second-order valence-electron chi connectivity index (χ2n) is 5.99. The van der Waals surface area contributed by atoms with E-state index in [9.17, 15) is 4.79 Å². The van der Waals surface area contributed by atoms with E-state index in [0.717, 1.165) is 29.6 Å². The van der Waals surface area contributed by atoms with E-state index >= 15 is 0 Å². The van der Waals surface area contributed by atoms with Crippen LogP contribution in [-0.2, 0) is 0 Å². The van der Waals surface area contributed by atoms with E-state index in [-0.39, 0.29) is 11.9 Å². The maximum atomic E-state index is 12.9. The fraction of sp³-hybridized carbons (Fsp3) is 0.222. The Bertz CT molecular complexity index is 963. The maximum absolute atomic E-state index is 12.9. The van der Waals surface area contributed by atoms with Gasteiger partial charge in [-0.1, -0.05) is 0 Å². The van der Waals surface area contributed by atoms with Crippen molar-refractivity contribution < 1.29 is 4.79 Å². The third-order valence-electron chi connectivity index (χ3n) is 4.22. The number of aryl methyl sites for hydroxylation is 1. The number of nitrogens with zero attached hydrogens (tertiary/aromatic N) is 5. The van der Waals surface area contributed by atoms with E-state index in [1.807, 2.05) is 37.5 Å². The lowest BCUT2D eigenvalue weighted by Crippen LogP contribution is -2.33. The van der Waals surface area contributed by atoms with Crippen LogP contribution < -0.4 is 4.90 Å². The summed E-state index contributed by atoms with van der Waals surface area (Å²) in [5, 5.41) is 13.1. The van der Waals surface area contributed by atoms with E-state index in [4.69, 9.17) is 5.26 Å². The molecule has 118 valence electrons. The zero-order valence-corrected chi connectivity index (χ0v) is 13.2. The summed E-state index contributed by atoms with van der Waals surface area (Å²) in [5.41, 5.74) is 3.70. The molecule has 3 heterocycles. The highest BCUT2D eigenvalue weighted by Gasteiger charge is 2.35. The molecule has 4 rings (SSSR count). The van der Waals surface area contributed by atoms with E-state index < -0.39 is 0 Å². The SMILES string of the molecule is Cc1cnn2ccc(N(C(=O)c3ccc(C#N)cn3)C3CC3)cc12. The summed E-state index contributed by atoms with van der Waals surface area (Å²) in [6, 6.07) is 9.35. The molecule has 3 aromatic rings. The molecule has 1 aliphatic carbocycles. The van der Waals surface area contributed by atoms with Gasteiger partial charge in [-0.05, 0) is 49.6 Å². The second kappa shape index (κ2) is 5.46. The number of fused-ring (bicyclic) bond motifs is 1. The third-order valence-corrected chi connectivity index (χ3v) is 4.22. The number of nitriles is 1. The molecule has 0 bridgehead atoms. The van der Waals surface area contributed by atoms with Crippen molar-refractivity contribution in [3.8, 4) is 6.07 Å². The first-order chi connectivity index (χ1) is 11.7. The Labute approximate surface area is 139 Å². The van der Waals surface area contributed by atoms with Crippen LogP contribution in [0.5, 0.6) is 0 Å². The predicted octanol–water partition coefficient (Wildman–Crippen LogP) is 2.72. The average molecular weight is 317 g/mol. The highest BCUT2D eigenvalue weighted by molar-refractivity contribution is 6.05. The van der Waals surface area contributed by atoms with E-state index in [2.05, 4.69) is 10.1 Å². The van der Waals surface area contributed by atoms with Crippen molar-refractivity contribution in [2.45, 2.75) is 25.8 Å². The van der Waals surface area contributed by atoms with Crippen LogP contribution in [0.2, 0.25) is 0 Å². The molecule has 1 fully saturated rings. The molecule has 0 aliphatic heterocycles. The molecular weight excluding hydrogens is 302 g/mol. The van der Waals surface area contributed by atoms with Gasteiger partial charge in [-0.3, -0.25) is 4.79 Å². The number of anilines is 1. The molecule has 1 aliphatic rings. The Kier molecular flexibility index (Phi) is 3.28. The molecule has 6 heteroatoms. The van der Waals surface area contributed by atoms with Gasteiger partial charge in [-0.25, -0.2) is 9.50 Å². The molecule has 0 saturated heterocycles. The summed E-state index contributed by atoms with van der Waals surface area (Å²) < 4.78 is 1.80. The molecule has 0 unspecified atom stereocenters. The van der Waals surface area contributed by atoms with Crippen molar-refractivity contribution in [3.05, 3.63) is 59.7 Å². The minimum Gasteiger partial charge on any atom is -0.304 e. The average Bonchev–Trinajstić information content (AvgIpc) is 3.38. The number of amides is 1. The van der Waals surface area contributed by atoms with Gasteiger partial charge in [0.25, 0.3) is 5.91 Å². The van der Waals surface area contributed by atoms with Gasteiger partial charge in [0.15, 0.2) is 0 Å². The normalized spacial score (nSPS) is 13.7. The van der Waals surface area contributed by atoms with Gasteiger partial charge in [0.2, 0.25) is 0 Å². The Balaban J connectivity index is 1.74. The van der Waals surface area contributed by atoms with Gasteiger partial charge in [0, 0.05) is 24.1 Å². The second-order valence-corrected chi connectivity index (χ2v) is 5.99. The first-order valence-electron chi connectivity index (χ1n) is 7.81. The lowest BCUT2D eigenvalue weighted by atomic mass is 10.2. The van der Waals surface area contributed by atoms with E-state index in [0.29, 0.717) is 11.3 Å². The lowest BCUT2D eigenvalue weighted by molar-refractivity contribution is 0.0980. The van der Waals surface area contributed by atoms with Crippen molar-refractivity contribution in [1.29, 1.82) is 5.26 Å². The van der Waals surface area contributed by atoms with Crippen LogP contribution in [0.4, 0.5) is 5.69 Å². The molecule has 0 N–H and O–H groups in total. The molecule has 1 saturated carbocycles. The zero-order chi connectivity index (χ0) is 16.7. The number of carbonyl (C=O) groups is 1. The van der Waals surface area contributed by atoms with Gasteiger partial charge >= 0.3 is 0 Å². The van der Waals surface area contributed by atoms with Gasteiger partial charge in [0.05, 0.1) is 17.3 Å². The van der Waals surface area contributed by atoms with Gasteiger partial charge < -0.3 is 4.90 Å². The van der Waals surface area contributed by atoms with Crippen LogP contribution in [-0.4, -0.2) is 26.5 Å². The highest BCUT2D eigenvalue weighted by atomic mass is 16.2. The number of hydrogen-bond donors (Lipinski definition) is 0. The minimum absolute atomic E-state index is 0.136. The van der Waals surface area contributed by atoms with Crippen molar-refractivity contribution >= 4 is 17.1 Å². The van der Waals surface area contributed by atoms with Crippen molar-refractivity contribution in [1.82, 2.24) is 14.6 Å². The van der Waals surface area contributed by atoms with E-state index in [1.54, 1.807) is 21.5 Å². The van der Waals surface area contributed by atoms with Gasteiger partial charge in [-0.15, -0.1) is 0 Å². The minimum atomic E-state index is -0.136. The fourth-order valence-corrected chi connectivity index (χ4v) is 2.78. The number of carbonyl (C=O) groups excluding carboxylic acids is 1. The van der Waals surface area contributed by atoms with Crippen LogP contribution in [0, 0.1) is 18.3 Å². The summed E-state index contributed by atoms with van der Waals surface area (Å²) in [6.07, 6.45) is 7.09. The summed E-state index contributed by atoms with van der Waals surface area (Å²) in [5.74, 6) is -0.136. The van der Waals surface area contributed by atoms with Gasteiger partial charge in [0.1, 0.15) is 11.8 Å². The topological polar surface area (TPSA) is 74.3 Å². The summed E-state index contributed by atoms with van der Waals surface area (Å²) in [6.45, 7) is 2.00.